The second-order valence-electron chi connectivity index (χ2n) is 4.32. The normalized spacial score (nSPS) is 12.6. The summed E-state index contributed by atoms with van der Waals surface area (Å²) in [6, 6.07) is 15.6. The SMILES string of the molecule is C#C[C@H](c1ccccc1)S(=O)(=O)c1ccc(C)cc1. The van der Waals surface area contributed by atoms with Gasteiger partial charge in [-0.25, -0.2) is 8.42 Å². The van der Waals surface area contributed by atoms with Gasteiger partial charge in [-0.15, -0.1) is 6.42 Å². The molecule has 0 amide bonds. The fraction of sp³-hybridized carbons (Fsp3) is 0.125. The van der Waals surface area contributed by atoms with E-state index < -0.39 is 15.1 Å². The highest BCUT2D eigenvalue weighted by Gasteiger charge is 2.26. The van der Waals surface area contributed by atoms with E-state index in [1.807, 2.05) is 13.0 Å². The van der Waals surface area contributed by atoms with E-state index in [1.54, 1.807) is 48.5 Å². The summed E-state index contributed by atoms with van der Waals surface area (Å²) in [5, 5.41) is -0.948. The third-order valence-corrected chi connectivity index (χ3v) is 4.87. The monoisotopic (exact) mass is 270 g/mol. The van der Waals surface area contributed by atoms with Crippen LogP contribution in [0.5, 0.6) is 0 Å². The van der Waals surface area contributed by atoms with Gasteiger partial charge in [-0.3, -0.25) is 0 Å². The minimum Gasteiger partial charge on any atom is -0.222 e. The Hall–Kier alpha value is -2.05. The van der Waals surface area contributed by atoms with Crippen LogP contribution in [0.4, 0.5) is 0 Å². The zero-order valence-electron chi connectivity index (χ0n) is 10.6. The Morgan fingerprint density at radius 2 is 1.58 bits per heavy atom. The van der Waals surface area contributed by atoms with Crippen molar-refractivity contribution in [3.63, 3.8) is 0 Å². The number of aryl methyl sites for hydroxylation is 1. The van der Waals surface area contributed by atoms with Gasteiger partial charge in [0, 0.05) is 0 Å². The maximum atomic E-state index is 12.5. The maximum Gasteiger partial charge on any atom is 0.196 e. The Morgan fingerprint density at radius 1 is 1.00 bits per heavy atom. The summed E-state index contributed by atoms with van der Waals surface area (Å²) in [6.45, 7) is 1.91. The van der Waals surface area contributed by atoms with E-state index in [0.717, 1.165) is 5.56 Å². The van der Waals surface area contributed by atoms with Crippen LogP contribution in [0.2, 0.25) is 0 Å². The predicted molar refractivity (Wildman–Crippen MR) is 76.4 cm³/mol. The highest BCUT2D eigenvalue weighted by molar-refractivity contribution is 7.92. The fourth-order valence-electron chi connectivity index (χ4n) is 1.86. The predicted octanol–water partition coefficient (Wildman–Crippen LogP) is 3.14. The van der Waals surface area contributed by atoms with Crippen LogP contribution >= 0.6 is 0 Å². The number of hydrogen-bond donors (Lipinski definition) is 0. The number of terminal acetylenes is 1. The van der Waals surface area contributed by atoms with Crippen LogP contribution in [0.25, 0.3) is 0 Å². The molecule has 0 spiro atoms. The largest absolute Gasteiger partial charge is 0.222 e. The number of benzene rings is 2. The van der Waals surface area contributed by atoms with Crippen molar-refractivity contribution in [1.29, 1.82) is 0 Å². The first-order valence-electron chi connectivity index (χ1n) is 5.87. The van der Waals surface area contributed by atoms with Crippen LogP contribution in [-0.4, -0.2) is 8.42 Å². The highest BCUT2D eigenvalue weighted by atomic mass is 32.2. The average molecular weight is 270 g/mol. The Morgan fingerprint density at radius 3 is 2.11 bits per heavy atom. The molecule has 96 valence electrons. The van der Waals surface area contributed by atoms with Crippen molar-refractivity contribution in [1.82, 2.24) is 0 Å². The van der Waals surface area contributed by atoms with Crippen LogP contribution < -0.4 is 0 Å². The summed E-state index contributed by atoms with van der Waals surface area (Å²) in [4.78, 5) is 0.255. The van der Waals surface area contributed by atoms with Crippen LogP contribution in [-0.2, 0) is 9.84 Å². The van der Waals surface area contributed by atoms with E-state index >= 15 is 0 Å². The molecule has 2 aromatic rings. The van der Waals surface area contributed by atoms with Gasteiger partial charge >= 0.3 is 0 Å². The molecule has 2 aromatic carbocycles. The molecule has 0 aliphatic rings. The number of sulfone groups is 1. The molecule has 0 aromatic heterocycles. The summed E-state index contributed by atoms with van der Waals surface area (Å²) >= 11 is 0. The molecule has 0 saturated carbocycles. The van der Waals surface area contributed by atoms with Gasteiger partial charge in [0.1, 0.15) is 0 Å². The molecule has 0 fully saturated rings. The molecular formula is C16H14O2S. The Bertz CT molecular complexity index is 693. The summed E-state index contributed by atoms with van der Waals surface area (Å²) < 4.78 is 25.1. The lowest BCUT2D eigenvalue weighted by Crippen LogP contribution is -2.12. The third kappa shape index (κ3) is 2.69. The quantitative estimate of drug-likeness (QED) is 0.803. The van der Waals surface area contributed by atoms with Crippen molar-refractivity contribution in [2.75, 3.05) is 0 Å². The minimum absolute atomic E-state index is 0.255. The van der Waals surface area contributed by atoms with Crippen LogP contribution in [0.15, 0.2) is 59.5 Å². The van der Waals surface area contributed by atoms with Gasteiger partial charge in [-0.2, -0.15) is 0 Å². The van der Waals surface area contributed by atoms with E-state index in [9.17, 15) is 8.42 Å². The molecule has 19 heavy (non-hydrogen) atoms. The molecule has 0 heterocycles. The van der Waals surface area contributed by atoms with Crippen molar-refractivity contribution < 1.29 is 8.42 Å². The van der Waals surface area contributed by atoms with Crippen LogP contribution in [0.1, 0.15) is 16.4 Å². The Labute approximate surface area is 114 Å². The molecule has 0 N–H and O–H groups in total. The third-order valence-electron chi connectivity index (χ3n) is 2.91. The van der Waals surface area contributed by atoms with Crippen molar-refractivity contribution in [3.8, 4) is 12.3 Å². The van der Waals surface area contributed by atoms with E-state index in [0.29, 0.717) is 5.56 Å². The van der Waals surface area contributed by atoms with Crippen molar-refractivity contribution in [2.24, 2.45) is 0 Å². The van der Waals surface area contributed by atoms with E-state index in [4.69, 9.17) is 6.42 Å². The van der Waals surface area contributed by atoms with Gasteiger partial charge in [0.25, 0.3) is 0 Å². The van der Waals surface area contributed by atoms with E-state index in [-0.39, 0.29) is 4.90 Å². The second-order valence-corrected chi connectivity index (χ2v) is 6.35. The van der Waals surface area contributed by atoms with Crippen molar-refractivity contribution in [2.45, 2.75) is 17.1 Å². The smallest absolute Gasteiger partial charge is 0.196 e. The summed E-state index contributed by atoms with van der Waals surface area (Å²) in [6.07, 6.45) is 5.43. The molecule has 0 aliphatic carbocycles. The van der Waals surface area contributed by atoms with Gasteiger partial charge in [-0.05, 0) is 24.6 Å². The van der Waals surface area contributed by atoms with Gasteiger partial charge in [0.15, 0.2) is 15.1 Å². The topological polar surface area (TPSA) is 34.1 Å². The lowest BCUT2D eigenvalue weighted by molar-refractivity contribution is 0.591. The summed E-state index contributed by atoms with van der Waals surface area (Å²) in [5.74, 6) is 2.38. The Balaban J connectivity index is 2.49. The zero-order chi connectivity index (χ0) is 13.9. The molecule has 2 nitrogen and oxygen atoms in total. The highest BCUT2D eigenvalue weighted by Crippen LogP contribution is 2.28. The van der Waals surface area contributed by atoms with Gasteiger partial charge in [-0.1, -0.05) is 53.9 Å². The van der Waals surface area contributed by atoms with Crippen LogP contribution in [0, 0.1) is 19.3 Å². The molecule has 0 radical (unpaired) electrons. The van der Waals surface area contributed by atoms with Gasteiger partial charge in [0.2, 0.25) is 0 Å². The van der Waals surface area contributed by atoms with Crippen LogP contribution in [0.3, 0.4) is 0 Å². The molecular weight excluding hydrogens is 256 g/mol. The van der Waals surface area contributed by atoms with E-state index in [2.05, 4.69) is 5.92 Å². The fourth-order valence-corrected chi connectivity index (χ4v) is 3.34. The summed E-state index contributed by atoms with van der Waals surface area (Å²) in [5.41, 5.74) is 1.63. The molecule has 2 rings (SSSR count). The lowest BCUT2D eigenvalue weighted by atomic mass is 10.2. The van der Waals surface area contributed by atoms with Gasteiger partial charge < -0.3 is 0 Å². The zero-order valence-corrected chi connectivity index (χ0v) is 11.4. The number of hydrogen-bond acceptors (Lipinski definition) is 2. The van der Waals surface area contributed by atoms with E-state index in [1.165, 1.54) is 0 Å². The molecule has 0 aliphatic heterocycles. The Kier molecular flexibility index (Phi) is 3.73. The lowest BCUT2D eigenvalue weighted by Gasteiger charge is -2.12. The summed E-state index contributed by atoms with van der Waals surface area (Å²) in [7, 11) is -3.56. The maximum absolute atomic E-state index is 12.5. The molecule has 0 saturated heterocycles. The molecule has 0 bridgehead atoms. The molecule has 0 unspecified atom stereocenters. The standard InChI is InChI=1S/C16H14O2S/c1-3-16(14-7-5-4-6-8-14)19(17,18)15-11-9-13(2)10-12-15/h1,4-12,16H,2H3/t16-/m1/s1. The average Bonchev–Trinajstić information content (AvgIpc) is 2.41. The first-order valence-corrected chi connectivity index (χ1v) is 7.42. The first-order chi connectivity index (χ1) is 9.05. The van der Waals surface area contributed by atoms with Gasteiger partial charge in [0.05, 0.1) is 4.90 Å². The minimum atomic E-state index is -3.56. The van der Waals surface area contributed by atoms with Crippen molar-refractivity contribution >= 4 is 9.84 Å². The second kappa shape index (κ2) is 5.29. The first kappa shape index (κ1) is 13.4. The molecule has 3 heteroatoms. The van der Waals surface area contributed by atoms with Crippen molar-refractivity contribution in [3.05, 3.63) is 65.7 Å². The molecule has 1 atom stereocenters. The number of rotatable bonds is 3.